The van der Waals surface area contributed by atoms with E-state index < -0.39 is 6.10 Å². The lowest BCUT2D eigenvalue weighted by atomic mass is 10.1. The van der Waals surface area contributed by atoms with E-state index in [1.165, 1.54) is 15.7 Å². The molecule has 1 heterocycles. The number of thiophene rings is 1. The Kier molecular flexibility index (Phi) is 9.14. The van der Waals surface area contributed by atoms with Crippen molar-refractivity contribution in [1.29, 1.82) is 0 Å². The van der Waals surface area contributed by atoms with E-state index in [4.69, 9.17) is 9.47 Å². The van der Waals surface area contributed by atoms with Gasteiger partial charge in [0.25, 0.3) is 0 Å². The van der Waals surface area contributed by atoms with Gasteiger partial charge < -0.3 is 14.6 Å². The van der Waals surface area contributed by atoms with Crippen molar-refractivity contribution in [3.63, 3.8) is 0 Å². The van der Waals surface area contributed by atoms with Gasteiger partial charge in [0.05, 0.1) is 20.3 Å². The number of aliphatic hydroxyl groups excluding tert-OH is 1. The SMILES string of the molecule is COc1ccc(OC)c(/C=C\CC/C=C/C=C(\C)CCC(O)c2cc3ccccc3s2)c1. The summed E-state index contributed by atoms with van der Waals surface area (Å²) in [5, 5.41) is 11.8. The van der Waals surface area contributed by atoms with Gasteiger partial charge in [0.1, 0.15) is 11.5 Å². The number of ether oxygens (including phenoxy) is 2. The van der Waals surface area contributed by atoms with Gasteiger partial charge in [-0.25, -0.2) is 0 Å². The number of fused-ring (bicyclic) bond motifs is 1. The van der Waals surface area contributed by atoms with Crippen LogP contribution in [0.3, 0.4) is 0 Å². The number of hydrogen-bond acceptors (Lipinski definition) is 4. The van der Waals surface area contributed by atoms with E-state index in [1.807, 2.05) is 30.3 Å². The molecule has 3 aromatic rings. The number of hydrogen-bond donors (Lipinski definition) is 1. The van der Waals surface area contributed by atoms with Crippen LogP contribution in [-0.2, 0) is 0 Å². The highest BCUT2D eigenvalue weighted by Crippen LogP contribution is 2.32. The van der Waals surface area contributed by atoms with Crippen LogP contribution in [0.15, 0.2) is 78.4 Å². The van der Waals surface area contributed by atoms with Crippen molar-refractivity contribution in [2.75, 3.05) is 14.2 Å². The summed E-state index contributed by atoms with van der Waals surface area (Å²) in [7, 11) is 3.35. The van der Waals surface area contributed by atoms with Crippen molar-refractivity contribution < 1.29 is 14.6 Å². The zero-order valence-corrected chi connectivity index (χ0v) is 19.9. The maximum atomic E-state index is 10.5. The Morgan fingerprint density at radius 3 is 2.62 bits per heavy atom. The second-order valence-electron chi connectivity index (χ2n) is 7.77. The smallest absolute Gasteiger partial charge is 0.126 e. The Bertz CT molecular complexity index is 1060. The molecule has 1 aromatic heterocycles. The lowest BCUT2D eigenvalue weighted by molar-refractivity contribution is 0.171. The van der Waals surface area contributed by atoms with Crippen LogP contribution in [0, 0.1) is 0 Å². The fourth-order valence-corrected chi connectivity index (χ4v) is 4.54. The molecular formula is C28H32O3S. The van der Waals surface area contributed by atoms with Crippen molar-refractivity contribution in [1.82, 2.24) is 0 Å². The van der Waals surface area contributed by atoms with Gasteiger partial charge in [-0.15, -0.1) is 11.3 Å². The average Bonchev–Trinajstić information content (AvgIpc) is 3.26. The summed E-state index contributed by atoms with van der Waals surface area (Å²) in [5.41, 5.74) is 2.29. The molecular weight excluding hydrogens is 416 g/mol. The number of benzene rings is 2. The minimum Gasteiger partial charge on any atom is -0.497 e. The minimum absolute atomic E-state index is 0.404. The second kappa shape index (κ2) is 12.3. The van der Waals surface area contributed by atoms with Gasteiger partial charge in [-0.2, -0.15) is 0 Å². The third-order valence-corrected chi connectivity index (χ3v) is 6.55. The first-order valence-electron chi connectivity index (χ1n) is 11.0. The third-order valence-electron chi connectivity index (χ3n) is 5.34. The molecule has 0 saturated heterocycles. The molecule has 0 amide bonds. The molecule has 0 bridgehead atoms. The average molecular weight is 449 g/mol. The highest BCUT2D eigenvalue weighted by molar-refractivity contribution is 7.19. The molecule has 1 atom stereocenters. The Labute approximate surface area is 195 Å². The van der Waals surface area contributed by atoms with Gasteiger partial charge >= 0.3 is 0 Å². The molecule has 32 heavy (non-hydrogen) atoms. The molecule has 0 aliphatic carbocycles. The van der Waals surface area contributed by atoms with Crippen LogP contribution < -0.4 is 9.47 Å². The molecule has 4 heteroatoms. The number of allylic oxidation sites excluding steroid dienone is 5. The first-order valence-corrected chi connectivity index (χ1v) is 11.8. The molecule has 168 valence electrons. The fourth-order valence-electron chi connectivity index (χ4n) is 3.46. The summed E-state index contributed by atoms with van der Waals surface area (Å²) < 4.78 is 11.9. The summed E-state index contributed by atoms with van der Waals surface area (Å²) >= 11 is 1.68. The molecule has 0 radical (unpaired) electrons. The molecule has 1 unspecified atom stereocenters. The Balaban J connectivity index is 1.42. The predicted octanol–water partition coefficient (Wildman–Crippen LogP) is 7.73. The van der Waals surface area contributed by atoms with Crippen LogP contribution in [0.5, 0.6) is 11.5 Å². The highest BCUT2D eigenvalue weighted by Gasteiger charge is 2.11. The summed E-state index contributed by atoms with van der Waals surface area (Å²) in [6.07, 6.45) is 13.8. The molecule has 0 spiro atoms. The lowest BCUT2D eigenvalue weighted by Crippen LogP contribution is -1.94. The number of methoxy groups -OCH3 is 2. The van der Waals surface area contributed by atoms with E-state index in [0.717, 1.165) is 47.6 Å². The number of aliphatic hydroxyl groups is 1. The van der Waals surface area contributed by atoms with Gasteiger partial charge in [0.2, 0.25) is 0 Å². The zero-order chi connectivity index (χ0) is 22.8. The van der Waals surface area contributed by atoms with Crippen LogP contribution in [-0.4, -0.2) is 19.3 Å². The first kappa shape index (κ1) is 23.8. The number of rotatable bonds is 11. The highest BCUT2D eigenvalue weighted by atomic mass is 32.1. The van der Waals surface area contributed by atoms with Crippen molar-refractivity contribution >= 4 is 27.5 Å². The standard InChI is InChI=1S/C28H32O3S/c1-21(15-17-25(29)28-20-23-13-9-10-14-27(23)32-28)11-7-5-4-6-8-12-22-19-24(30-2)16-18-26(22)31-3/h5,7-14,16,18-20,25,29H,4,6,15,17H2,1-3H3/b7-5+,12-8-,21-11+. The van der Waals surface area contributed by atoms with Gasteiger partial charge in [-0.3, -0.25) is 0 Å². The lowest BCUT2D eigenvalue weighted by Gasteiger charge is -2.08. The van der Waals surface area contributed by atoms with Gasteiger partial charge in [-0.1, -0.05) is 54.2 Å². The van der Waals surface area contributed by atoms with Crippen LogP contribution in [0.4, 0.5) is 0 Å². The molecule has 0 fully saturated rings. The Hall–Kier alpha value is -2.82. The van der Waals surface area contributed by atoms with Crippen molar-refractivity contribution in [3.05, 3.63) is 88.8 Å². The van der Waals surface area contributed by atoms with Gasteiger partial charge in [0, 0.05) is 15.1 Å². The minimum atomic E-state index is -0.404. The van der Waals surface area contributed by atoms with E-state index >= 15 is 0 Å². The van der Waals surface area contributed by atoms with Crippen LogP contribution in [0.2, 0.25) is 0 Å². The number of unbranched alkanes of at least 4 members (excludes halogenated alkanes) is 1. The summed E-state index contributed by atoms with van der Waals surface area (Å²) in [6, 6.07) is 16.2. The van der Waals surface area contributed by atoms with E-state index in [-0.39, 0.29) is 0 Å². The Morgan fingerprint density at radius 2 is 1.84 bits per heavy atom. The molecule has 1 N–H and O–H groups in total. The third kappa shape index (κ3) is 6.84. The molecule has 3 rings (SSSR count). The monoisotopic (exact) mass is 448 g/mol. The first-order chi connectivity index (χ1) is 15.6. The van der Waals surface area contributed by atoms with Gasteiger partial charge in [-0.05, 0) is 68.3 Å². The normalized spacial score (nSPS) is 13.3. The van der Waals surface area contributed by atoms with Crippen LogP contribution in [0.1, 0.15) is 49.2 Å². The quantitative estimate of drug-likeness (QED) is 0.241. The second-order valence-corrected chi connectivity index (χ2v) is 8.89. The van der Waals surface area contributed by atoms with E-state index in [2.05, 4.69) is 55.5 Å². The predicted molar refractivity (Wildman–Crippen MR) is 137 cm³/mol. The molecule has 0 aliphatic rings. The fraction of sp³-hybridized carbons (Fsp3) is 0.286. The van der Waals surface area contributed by atoms with E-state index in [1.54, 1.807) is 25.6 Å². The summed E-state index contributed by atoms with van der Waals surface area (Å²) in [5.74, 6) is 1.66. The molecule has 2 aromatic carbocycles. The summed E-state index contributed by atoms with van der Waals surface area (Å²) in [6.45, 7) is 2.12. The zero-order valence-electron chi connectivity index (χ0n) is 19.1. The Morgan fingerprint density at radius 1 is 1.03 bits per heavy atom. The van der Waals surface area contributed by atoms with Crippen molar-refractivity contribution in [2.24, 2.45) is 0 Å². The molecule has 0 aliphatic heterocycles. The van der Waals surface area contributed by atoms with E-state index in [9.17, 15) is 5.11 Å². The summed E-state index contributed by atoms with van der Waals surface area (Å²) in [4.78, 5) is 1.05. The van der Waals surface area contributed by atoms with Crippen molar-refractivity contribution in [2.45, 2.75) is 38.7 Å². The largest absolute Gasteiger partial charge is 0.497 e. The molecule has 3 nitrogen and oxygen atoms in total. The maximum Gasteiger partial charge on any atom is 0.126 e. The van der Waals surface area contributed by atoms with Crippen LogP contribution in [0.25, 0.3) is 16.2 Å². The van der Waals surface area contributed by atoms with Gasteiger partial charge in [0.15, 0.2) is 0 Å². The van der Waals surface area contributed by atoms with Crippen LogP contribution >= 0.6 is 11.3 Å². The maximum absolute atomic E-state index is 10.5. The van der Waals surface area contributed by atoms with E-state index in [0.29, 0.717) is 0 Å². The topological polar surface area (TPSA) is 38.7 Å². The molecule has 0 saturated carbocycles. The van der Waals surface area contributed by atoms with Crippen molar-refractivity contribution in [3.8, 4) is 11.5 Å².